The summed E-state index contributed by atoms with van der Waals surface area (Å²) in [7, 11) is 0. The highest BCUT2D eigenvalue weighted by Crippen LogP contribution is 2.25. The fraction of sp³-hybridized carbons (Fsp3) is 0.158. The number of nitrogens with two attached hydrogens (primary N) is 1. The zero-order valence-corrected chi connectivity index (χ0v) is 14.8. The van der Waals surface area contributed by atoms with E-state index in [9.17, 15) is 13.2 Å². The predicted octanol–water partition coefficient (Wildman–Crippen LogP) is 4.13. The van der Waals surface area contributed by atoms with E-state index in [0.29, 0.717) is 11.7 Å². The Bertz CT molecular complexity index is 966. The van der Waals surface area contributed by atoms with Crippen LogP contribution in [-0.4, -0.2) is 22.2 Å². The number of halogens is 3. The molecule has 2 aromatic carbocycles. The first-order valence-corrected chi connectivity index (χ1v) is 8.22. The molecule has 0 saturated carbocycles. The van der Waals surface area contributed by atoms with E-state index in [-0.39, 0.29) is 12.4 Å². The molecule has 0 radical (unpaired) electrons. The van der Waals surface area contributed by atoms with Crippen LogP contribution < -0.4 is 15.2 Å². The van der Waals surface area contributed by atoms with E-state index in [0.717, 1.165) is 16.8 Å². The summed E-state index contributed by atoms with van der Waals surface area (Å²) < 4.78 is 47.4. The number of nitrogens with zero attached hydrogens (tertiary/aromatic N) is 3. The number of rotatable bonds is 6. The maximum absolute atomic E-state index is 12.2. The lowest BCUT2D eigenvalue weighted by atomic mass is 10.1. The third-order valence-electron chi connectivity index (χ3n) is 3.58. The summed E-state index contributed by atoms with van der Waals surface area (Å²) in [5, 5.41) is 4.25. The Labute approximate surface area is 159 Å². The molecule has 9 heteroatoms. The van der Waals surface area contributed by atoms with Gasteiger partial charge in [-0.15, -0.1) is 13.2 Å². The van der Waals surface area contributed by atoms with E-state index in [1.165, 1.54) is 28.9 Å². The van der Waals surface area contributed by atoms with Crippen LogP contribution in [0.4, 0.5) is 19.1 Å². The molecule has 0 atom stereocenters. The molecule has 0 unspecified atom stereocenters. The van der Waals surface area contributed by atoms with E-state index in [4.69, 9.17) is 10.5 Å². The molecule has 1 aromatic heterocycles. The SMILES string of the molecule is Cc1cn(N=Cc2cccc(COc3ccc(OC(F)(F)F)cc3)c2)c(N)n1. The fourth-order valence-corrected chi connectivity index (χ4v) is 2.39. The Hall–Kier alpha value is -3.49. The second-order valence-electron chi connectivity index (χ2n) is 5.88. The molecule has 0 aliphatic carbocycles. The van der Waals surface area contributed by atoms with Crippen LogP contribution in [0.25, 0.3) is 0 Å². The number of benzene rings is 2. The maximum Gasteiger partial charge on any atom is 0.573 e. The second-order valence-corrected chi connectivity index (χ2v) is 5.88. The molecule has 0 saturated heterocycles. The molecule has 0 aliphatic rings. The van der Waals surface area contributed by atoms with Gasteiger partial charge in [0.1, 0.15) is 18.1 Å². The maximum atomic E-state index is 12.2. The first-order valence-electron chi connectivity index (χ1n) is 8.22. The number of nitrogen functional groups attached to an aromatic ring is 1. The number of hydrogen-bond donors (Lipinski definition) is 1. The van der Waals surface area contributed by atoms with E-state index < -0.39 is 6.36 Å². The molecule has 2 N–H and O–H groups in total. The van der Waals surface area contributed by atoms with Gasteiger partial charge < -0.3 is 15.2 Å². The van der Waals surface area contributed by atoms with Gasteiger partial charge in [0.25, 0.3) is 0 Å². The average Bonchev–Trinajstić information content (AvgIpc) is 2.96. The molecule has 0 spiro atoms. The van der Waals surface area contributed by atoms with Crippen molar-refractivity contribution in [3.05, 3.63) is 71.5 Å². The van der Waals surface area contributed by atoms with Gasteiger partial charge in [-0.05, 0) is 48.4 Å². The van der Waals surface area contributed by atoms with Gasteiger partial charge in [0.2, 0.25) is 5.95 Å². The van der Waals surface area contributed by atoms with Crippen molar-refractivity contribution in [2.24, 2.45) is 5.10 Å². The Morgan fingerprint density at radius 1 is 1.14 bits per heavy atom. The normalized spacial score (nSPS) is 11.7. The van der Waals surface area contributed by atoms with Gasteiger partial charge in [-0.3, -0.25) is 0 Å². The van der Waals surface area contributed by atoms with Gasteiger partial charge in [-0.2, -0.15) is 5.10 Å². The minimum Gasteiger partial charge on any atom is -0.489 e. The Balaban J connectivity index is 1.61. The summed E-state index contributed by atoms with van der Waals surface area (Å²) in [6.07, 6.45) is -1.36. The highest BCUT2D eigenvalue weighted by Gasteiger charge is 2.30. The van der Waals surface area contributed by atoms with Crippen LogP contribution in [0, 0.1) is 6.92 Å². The molecule has 0 amide bonds. The van der Waals surface area contributed by atoms with Crippen LogP contribution in [0.2, 0.25) is 0 Å². The van der Waals surface area contributed by atoms with Crippen LogP contribution >= 0.6 is 0 Å². The third kappa shape index (κ3) is 5.50. The largest absolute Gasteiger partial charge is 0.573 e. The zero-order valence-electron chi connectivity index (χ0n) is 14.8. The highest BCUT2D eigenvalue weighted by atomic mass is 19.4. The number of alkyl halides is 3. The zero-order chi connectivity index (χ0) is 20.1. The monoisotopic (exact) mass is 390 g/mol. The first kappa shape index (κ1) is 19.3. The highest BCUT2D eigenvalue weighted by molar-refractivity contribution is 5.79. The van der Waals surface area contributed by atoms with Crippen molar-refractivity contribution in [2.45, 2.75) is 19.9 Å². The quantitative estimate of drug-likeness (QED) is 0.642. The van der Waals surface area contributed by atoms with Crippen molar-refractivity contribution in [2.75, 3.05) is 5.73 Å². The summed E-state index contributed by atoms with van der Waals surface area (Å²) in [5.41, 5.74) is 8.21. The van der Waals surface area contributed by atoms with Gasteiger partial charge in [0.05, 0.1) is 18.1 Å². The van der Waals surface area contributed by atoms with E-state index in [1.54, 1.807) is 12.4 Å². The number of aromatic nitrogens is 2. The summed E-state index contributed by atoms with van der Waals surface area (Å²) in [6.45, 7) is 2.07. The molecule has 6 nitrogen and oxygen atoms in total. The minimum atomic E-state index is -4.72. The first-order chi connectivity index (χ1) is 13.3. The summed E-state index contributed by atoms with van der Waals surface area (Å²) >= 11 is 0. The number of aryl methyl sites for hydroxylation is 1. The second kappa shape index (κ2) is 8.03. The summed E-state index contributed by atoms with van der Waals surface area (Å²) in [5.74, 6) is 0.425. The molecule has 0 aliphatic heterocycles. The van der Waals surface area contributed by atoms with Crippen LogP contribution in [0.15, 0.2) is 59.8 Å². The van der Waals surface area contributed by atoms with Gasteiger partial charge in [-0.1, -0.05) is 18.2 Å². The molecule has 28 heavy (non-hydrogen) atoms. The summed E-state index contributed by atoms with van der Waals surface area (Å²) in [4.78, 5) is 4.07. The number of ether oxygens (including phenoxy) is 2. The Morgan fingerprint density at radius 3 is 2.50 bits per heavy atom. The van der Waals surface area contributed by atoms with Gasteiger partial charge >= 0.3 is 6.36 Å². The standard InChI is InChI=1S/C19H17F3N4O2/c1-13-11-26(18(23)25-13)24-10-14-3-2-4-15(9-14)12-27-16-5-7-17(8-6-16)28-19(20,21)22/h2-11H,12H2,1H3,(H2,23,25). The molecule has 0 fully saturated rings. The number of imidazole rings is 1. The van der Waals surface area contributed by atoms with Crippen molar-refractivity contribution in [1.29, 1.82) is 0 Å². The summed E-state index contributed by atoms with van der Waals surface area (Å²) in [6, 6.07) is 12.7. The lowest BCUT2D eigenvalue weighted by Crippen LogP contribution is -2.16. The number of anilines is 1. The van der Waals surface area contributed by atoms with Gasteiger partial charge in [0, 0.05) is 0 Å². The van der Waals surface area contributed by atoms with Gasteiger partial charge in [0.15, 0.2) is 0 Å². The van der Waals surface area contributed by atoms with Crippen LogP contribution in [0.1, 0.15) is 16.8 Å². The molecular weight excluding hydrogens is 373 g/mol. The van der Waals surface area contributed by atoms with Crippen molar-refractivity contribution in [1.82, 2.24) is 9.66 Å². The predicted molar refractivity (Wildman–Crippen MR) is 98.3 cm³/mol. The van der Waals surface area contributed by atoms with Crippen molar-refractivity contribution in [3.8, 4) is 11.5 Å². The van der Waals surface area contributed by atoms with Crippen molar-refractivity contribution in [3.63, 3.8) is 0 Å². The van der Waals surface area contributed by atoms with E-state index >= 15 is 0 Å². The number of hydrogen-bond acceptors (Lipinski definition) is 5. The van der Waals surface area contributed by atoms with Crippen molar-refractivity contribution < 1.29 is 22.6 Å². The lowest BCUT2D eigenvalue weighted by Gasteiger charge is -2.10. The van der Waals surface area contributed by atoms with Crippen LogP contribution in [0.5, 0.6) is 11.5 Å². The molecular formula is C19H17F3N4O2. The molecule has 0 bridgehead atoms. The minimum absolute atomic E-state index is 0.244. The lowest BCUT2D eigenvalue weighted by molar-refractivity contribution is -0.274. The average molecular weight is 390 g/mol. The smallest absolute Gasteiger partial charge is 0.489 e. The molecule has 3 rings (SSSR count). The Morgan fingerprint density at radius 2 is 1.86 bits per heavy atom. The van der Waals surface area contributed by atoms with Crippen molar-refractivity contribution >= 4 is 12.2 Å². The molecule has 146 valence electrons. The van der Waals surface area contributed by atoms with Gasteiger partial charge in [-0.25, -0.2) is 9.66 Å². The van der Waals surface area contributed by atoms with E-state index in [2.05, 4.69) is 14.8 Å². The van der Waals surface area contributed by atoms with Crippen LogP contribution in [-0.2, 0) is 6.61 Å². The molecule has 3 aromatic rings. The molecule has 1 heterocycles. The topological polar surface area (TPSA) is 74.7 Å². The van der Waals surface area contributed by atoms with Crippen LogP contribution in [0.3, 0.4) is 0 Å². The third-order valence-corrected chi connectivity index (χ3v) is 3.58. The fourth-order valence-electron chi connectivity index (χ4n) is 2.39. The Kier molecular flexibility index (Phi) is 5.53. The van der Waals surface area contributed by atoms with E-state index in [1.807, 2.05) is 31.2 Å².